The number of aliphatic hydroxyl groups excluding tert-OH is 1. The molecule has 0 aliphatic heterocycles. The van der Waals surface area contributed by atoms with Crippen LogP contribution >= 0.6 is 7.82 Å². The molecule has 0 rings (SSSR count). The Labute approximate surface area is 220 Å². The van der Waals surface area contributed by atoms with Gasteiger partial charge in [-0.05, 0) is 32.1 Å². The van der Waals surface area contributed by atoms with E-state index < -0.39 is 57.5 Å². The Bertz CT molecular complexity index is 716. The Hall–Kier alpha value is -1.62. The first-order chi connectivity index (χ1) is 17.6. The van der Waals surface area contributed by atoms with E-state index in [2.05, 4.69) is 28.1 Å². The molecule has 11 nitrogen and oxygen atoms in total. The van der Waals surface area contributed by atoms with E-state index in [9.17, 15) is 28.9 Å². The van der Waals surface area contributed by atoms with Crippen molar-refractivity contribution in [2.75, 3.05) is 19.8 Å². The summed E-state index contributed by atoms with van der Waals surface area (Å²) in [5.74, 6) is -3.23. The smallest absolute Gasteiger partial charge is 0.472 e. The van der Waals surface area contributed by atoms with E-state index in [-0.39, 0.29) is 6.42 Å². The van der Waals surface area contributed by atoms with Crippen LogP contribution in [0, 0.1) is 0 Å². The SMILES string of the molecule is CCCCCCCC/C=C/CCCCCCCC(=O)C(=O)OC[C@@H](O)COP(=O)(O)OC[C@H](N)C(=O)O. The number of hydrogen-bond donors (Lipinski definition) is 4. The fourth-order valence-electron chi connectivity index (χ4n) is 3.22. The van der Waals surface area contributed by atoms with Crippen LogP contribution in [0.3, 0.4) is 0 Å². The average molecular weight is 552 g/mol. The molecule has 0 saturated carbocycles. The lowest BCUT2D eigenvalue weighted by Crippen LogP contribution is -2.34. The second-order valence-electron chi connectivity index (χ2n) is 9.01. The number of allylic oxidation sites excluding steroid dienone is 2. The number of phosphoric ester groups is 1. The number of carbonyl (C=O) groups is 3. The molecule has 0 aromatic carbocycles. The summed E-state index contributed by atoms with van der Waals surface area (Å²) in [5.41, 5.74) is 5.14. The molecule has 216 valence electrons. The van der Waals surface area contributed by atoms with Gasteiger partial charge in [-0.2, -0.15) is 0 Å². The average Bonchev–Trinajstić information content (AvgIpc) is 2.86. The Kier molecular flexibility index (Phi) is 21.4. The summed E-state index contributed by atoms with van der Waals surface area (Å²) in [4.78, 5) is 43.5. The number of esters is 1. The number of unbranched alkanes of at least 4 members (excludes halogenated alkanes) is 11. The maximum absolute atomic E-state index is 11.8. The van der Waals surface area contributed by atoms with Gasteiger partial charge in [-0.3, -0.25) is 18.6 Å². The first-order valence-electron chi connectivity index (χ1n) is 13.2. The van der Waals surface area contributed by atoms with E-state index in [0.717, 1.165) is 38.5 Å². The lowest BCUT2D eigenvalue weighted by atomic mass is 10.1. The van der Waals surface area contributed by atoms with Crippen LogP contribution in [0.5, 0.6) is 0 Å². The number of ketones is 1. The van der Waals surface area contributed by atoms with Crippen molar-refractivity contribution < 1.29 is 47.8 Å². The number of nitrogens with two attached hydrogens (primary N) is 1. The second kappa shape index (κ2) is 22.4. The number of carbonyl (C=O) groups excluding carboxylic acids is 2. The van der Waals surface area contributed by atoms with Crippen molar-refractivity contribution in [2.24, 2.45) is 5.73 Å². The van der Waals surface area contributed by atoms with Gasteiger partial charge in [0, 0.05) is 6.42 Å². The van der Waals surface area contributed by atoms with Gasteiger partial charge >= 0.3 is 19.8 Å². The summed E-state index contributed by atoms with van der Waals surface area (Å²) in [6.07, 6.45) is 17.6. The standard InChI is InChI=1S/C25H46NO10P/c1-2-3-4-5-6-7-8-9-10-11-12-13-14-15-16-17-23(28)25(31)34-18-21(27)19-35-37(32,33)36-20-22(26)24(29)30/h9-10,21-22,27H,2-8,11-20,26H2,1H3,(H,29,30)(H,32,33)/b10-9+/t21-,22+/m1/s1. The van der Waals surface area contributed by atoms with Crippen LogP contribution in [0.25, 0.3) is 0 Å². The van der Waals surface area contributed by atoms with Gasteiger partial charge in [0.05, 0.1) is 13.2 Å². The fraction of sp³-hybridized carbons (Fsp3) is 0.800. The van der Waals surface area contributed by atoms with Gasteiger partial charge in [0.2, 0.25) is 5.78 Å². The van der Waals surface area contributed by atoms with E-state index in [0.29, 0.717) is 6.42 Å². The zero-order valence-corrected chi connectivity index (χ0v) is 22.9. The molecular weight excluding hydrogens is 505 g/mol. The third kappa shape index (κ3) is 22.1. The van der Waals surface area contributed by atoms with Gasteiger partial charge in [-0.25, -0.2) is 9.36 Å². The minimum Gasteiger partial charge on any atom is -0.480 e. The molecule has 0 aliphatic carbocycles. The number of ether oxygens (including phenoxy) is 1. The van der Waals surface area contributed by atoms with Crippen LogP contribution < -0.4 is 5.73 Å². The van der Waals surface area contributed by atoms with Crippen molar-refractivity contribution in [3.05, 3.63) is 12.2 Å². The lowest BCUT2D eigenvalue weighted by molar-refractivity contribution is -0.156. The van der Waals surface area contributed by atoms with Gasteiger partial charge in [0.15, 0.2) is 0 Å². The van der Waals surface area contributed by atoms with Gasteiger partial charge in [0.1, 0.15) is 18.8 Å². The number of Topliss-reactive ketones (excluding diaryl/α,β-unsaturated/α-hetero) is 1. The summed E-state index contributed by atoms with van der Waals surface area (Å²) in [6, 6.07) is -1.53. The van der Waals surface area contributed by atoms with Crippen LogP contribution in [0.2, 0.25) is 0 Å². The predicted molar refractivity (Wildman–Crippen MR) is 139 cm³/mol. The maximum Gasteiger partial charge on any atom is 0.472 e. The summed E-state index contributed by atoms with van der Waals surface area (Å²) in [6.45, 7) is 0.0814. The van der Waals surface area contributed by atoms with Gasteiger partial charge in [-0.1, -0.05) is 70.4 Å². The monoisotopic (exact) mass is 551 g/mol. The van der Waals surface area contributed by atoms with Crippen LogP contribution in [-0.2, 0) is 32.7 Å². The normalized spacial score (nSPS) is 14.8. The Balaban J connectivity index is 3.75. The molecule has 0 amide bonds. The largest absolute Gasteiger partial charge is 0.480 e. The molecule has 0 heterocycles. The second-order valence-corrected chi connectivity index (χ2v) is 10.5. The van der Waals surface area contributed by atoms with E-state index in [1.165, 1.54) is 38.5 Å². The van der Waals surface area contributed by atoms with Crippen LogP contribution in [0.1, 0.15) is 96.8 Å². The van der Waals surface area contributed by atoms with Crippen molar-refractivity contribution in [1.82, 2.24) is 0 Å². The molecule has 0 aliphatic rings. The number of carboxylic acids is 1. The van der Waals surface area contributed by atoms with E-state index in [1.54, 1.807) is 0 Å². The molecule has 0 fully saturated rings. The van der Waals surface area contributed by atoms with E-state index >= 15 is 0 Å². The van der Waals surface area contributed by atoms with Crippen LogP contribution in [-0.4, -0.2) is 64.8 Å². The highest BCUT2D eigenvalue weighted by molar-refractivity contribution is 7.47. The number of aliphatic hydroxyl groups is 1. The molecule has 0 radical (unpaired) electrons. The summed E-state index contributed by atoms with van der Waals surface area (Å²) >= 11 is 0. The summed E-state index contributed by atoms with van der Waals surface area (Å²) in [5, 5.41) is 18.3. The van der Waals surface area contributed by atoms with Crippen molar-refractivity contribution in [3.63, 3.8) is 0 Å². The topological polar surface area (TPSA) is 183 Å². The molecule has 0 aromatic rings. The molecule has 5 N–H and O–H groups in total. The molecule has 0 bridgehead atoms. The fourth-order valence-corrected chi connectivity index (χ4v) is 4.01. The highest BCUT2D eigenvalue weighted by Crippen LogP contribution is 2.43. The number of carboxylic acid groups (broad SMARTS) is 1. The zero-order valence-electron chi connectivity index (χ0n) is 22.1. The van der Waals surface area contributed by atoms with E-state index in [4.69, 9.17) is 15.6 Å². The first kappa shape index (κ1) is 35.4. The molecule has 0 spiro atoms. The molecule has 0 aromatic heterocycles. The third-order valence-corrected chi connectivity index (χ3v) is 6.42. The van der Waals surface area contributed by atoms with Crippen molar-refractivity contribution >= 4 is 25.5 Å². The molecule has 1 unspecified atom stereocenters. The van der Waals surface area contributed by atoms with Gasteiger partial charge < -0.3 is 25.6 Å². The van der Waals surface area contributed by atoms with Crippen molar-refractivity contribution in [2.45, 2.75) is 109 Å². The molecular formula is C25H46NO10P. The minimum atomic E-state index is -4.66. The number of hydrogen-bond acceptors (Lipinski definition) is 9. The quantitative estimate of drug-likeness (QED) is 0.0422. The summed E-state index contributed by atoms with van der Waals surface area (Å²) < 4.78 is 25.2. The van der Waals surface area contributed by atoms with Crippen LogP contribution in [0.4, 0.5) is 0 Å². The minimum absolute atomic E-state index is 0.0487. The maximum atomic E-state index is 11.8. The lowest BCUT2D eigenvalue weighted by Gasteiger charge is -2.16. The number of phosphoric acid groups is 1. The van der Waals surface area contributed by atoms with Crippen LogP contribution in [0.15, 0.2) is 12.2 Å². The number of rotatable bonds is 25. The van der Waals surface area contributed by atoms with Crippen molar-refractivity contribution in [1.29, 1.82) is 0 Å². The third-order valence-electron chi connectivity index (χ3n) is 5.46. The molecule has 0 saturated heterocycles. The molecule has 3 atom stereocenters. The highest BCUT2D eigenvalue weighted by Gasteiger charge is 2.26. The highest BCUT2D eigenvalue weighted by atomic mass is 31.2. The van der Waals surface area contributed by atoms with Gasteiger partial charge in [0.25, 0.3) is 0 Å². The summed E-state index contributed by atoms with van der Waals surface area (Å²) in [7, 11) is -4.66. The first-order valence-corrected chi connectivity index (χ1v) is 14.7. The Morgan fingerprint density at radius 2 is 1.35 bits per heavy atom. The molecule has 12 heteroatoms. The number of aliphatic carboxylic acids is 1. The van der Waals surface area contributed by atoms with Crippen molar-refractivity contribution in [3.8, 4) is 0 Å². The molecule has 37 heavy (non-hydrogen) atoms. The zero-order chi connectivity index (χ0) is 27.9. The van der Waals surface area contributed by atoms with Gasteiger partial charge in [-0.15, -0.1) is 0 Å². The predicted octanol–water partition coefficient (Wildman–Crippen LogP) is 4.04. The van der Waals surface area contributed by atoms with E-state index in [1.807, 2.05) is 0 Å². The Morgan fingerprint density at radius 1 is 0.838 bits per heavy atom. The Morgan fingerprint density at radius 3 is 1.92 bits per heavy atom.